The third-order valence-corrected chi connectivity index (χ3v) is 3.51. The summed E-state index contributed by atoms with van der Waals surface area (Å²) in [6, 6.07) is 17.8. The van der Waals surface area contributed by atoms with E-state index >= 15 is 0 Å². The van der Waals surface area contributed by atoms with Crippen LogP contribution in [0.15, 0.2) is 66.9 Å². The Morgan fingerprint density at radius 3 is 2.20 bits per heavy atom. The van der Waals surface area contributed by atoms with Gasteiger partial charge in [0.05, 0.1) is 0 Å². The van der Waals surface area contributed by atoms with Gasteiger partial charge in [-0.05, 0) is 29.3 Å². The van der Waals surface area contributed by atoms with E-state index in [4.69, 9.17) is 0 Å². The second-order valence-electron chi connectivity index (χ2n) is 5.39. The molecule has 1 heterocycles. The maximum Gasteiger partial charge on any atom is 0.435 e. The molecule has 7 heteroatoms. The Bertz CT molecular complexity index is 855. The molecule has 3 rings (SSSR count). The van der Waals surface area contributed by atoms with Gasteiger partial charge >= 0.3 is 6.18 Å². The Hall–Kier alpha value is -3.09. The molecule has 0 atom stereocenters. The number of alkyl halides is 3. The van der Waals surface area contributed by atoms with E-state index in [1.54, 1.807) is 12.1 Å². The van der Waals surface area contributed by atoms with Crippen LogP contribution in [0.3, 0.4) is 0 Å². The summed E-state index contributed by atoms with van der Waals surface area (Å²) >= 11 is 0. The van der Waals surface area contributed by atoms with Gasteiger partial charge in [0.1, 0.15) is 6.54 Å². The van der Waals surface area contributed by atoms with Crippen LogP contribution in [0.25, 0.3) is 11.1 Å². The molecular weight excluding hydrogens is 331 g/mol. The van der Waals surface area contributed by atoms with Crippen molar-refractivity contribution in [1.29, 1.82) is 0 Å². The highest BCUT2D eigenvalue weighted by Crippen LogP contribution is 2.27. The number of amides is 1. The van der Waals surface area contributed by atoms with Gasteiger partial charge in [-0.3, -0.25) is 9.48 Å². The van der Waals surface area contributed by atoms with E-state index in [1.807, 2.05) is 42.5 Å². The predicted octanol–water partition coefficient (Wildman–Crippen LogP) is 4.21. The fourth-order valence-electron chi connectivity index (χ4n) is 2.33. The van der Waals surface area contributed by atoms with Crippen LogP contribution < -0.4 is 5.32 Å². The van der Waals surface area contributed by atoms with Crippen LogP contribution in [0.2, 0.25) is 0 Å². The van der Waals surface area contributed by atoms with Crippen molar-refractivity contribution in [3.05, 3.63) is 72.6 Å². The van der Waals surface area contributed by atoms with E-state index in [0.29, 0.717) is 5.69 Å². The number of halogens is 3. The van der Waals surface area contributed by atoms with E-state index < -0.39 is 17.8 Å². The van der Waals surface area contributed by atoms with Gasteiger partial charge in [0.25, 0.3) is 0 Å². The summed E-state index contributed by atoms with van der Waals surface area (Å²) in [4.78, 5) is 11.9. The zero-order chi connectivity index (χ0) is 17.9. The van der Waals surface area contributed by atoms with Gasteiger partial charge in [-0.15, -0.1) is 0 Å². The van der Waals surface area contributed by atoms with Gasteiger partial charge in [0.15, 0.2) is 5.69 Å². The first-order valence-corrected chi connectivity index (χ1v) is 7.48. The first kappa shape index (κ1) is 16.8. The minimum Gasteiger partial charge on any atom is -0.324 e. The number of hydrogen-bond donors (Lipinski definition) is 1. The molecule has 2 aromatic carbocycles. The monoisotopic (exact) mass is 345 g/mol. The third kappa shape index (κ3) is 4.26. The number of carbonyl (C=O) groups is 1. The summed E-state index contributed by atoms with van der Waals surface area (Å²) < 4.78 is 38.4. The molecule has 0 aliphatic heterocycles. The second kappa shape index (κ2) is 6.80. The third-order valence-electron chi connectivity index (χ3n) is 3.51. The van der Waals surface area contributed by atoms with E-state index in [9.17, 15) is 18.0 Å². The molecule has 1 N–H and O–H groups in total. The summed E-state index contributed by atoms with van der Waals surface area (Å²) in [6.07, 6.45) is -3.39. The molecule has 1 amide bonds. The van der Waals surface area contributed by atoms with Crippen LogP contribution in [0, 0.1) is 0 Å². The number of hydrogen-bond acceptors (Lipinski definition) is 2. The van der Waals surface area contributed by atoms with E-state index in [1.165, 1.54) is 0 Å². The van der Waals surface area contributed by atoms with Gasteiger partial charge in [0, 0.05) is 11.9 Å². The molecule has 0 radical (unpaired) electrons. The molecule has 25 heavy (non-hydrogen) atoms. The van der Waals surface area contributed by atoms with Crippen LogP contribution in [-0.4, -0.2) is 15.7 Å². The van der Waals surface area contributed by atoms with Crippen LogP contribution in [0.4, 0.5) is 18.9 Å². The van der Waals surface area contributed by atoms with Crippen LogP contribution >= 0.6 is 0 Å². The molecule has 0 saturated heterocycles. The number of nitrogens with one attached hydrogen (secondary N) is 1. The highest BCUT2D eigenvalue weighted by Gasteiger charge is 2.33. The summed E-state index contributed by atoms with van der Waals surface area (Å²) in [5.74, 6) is -0.454. The average molecular weight is 345 g/mol. The van der Waals surface area contributed by atoms with Crippen LogP contribution in [0.1, 0.15) is 5.69 Å². The number of nitrogens with zero attached hydrogens (tertiary/aromatic N) is 2. The Morgan fingerprint density at radius 1 is 0.960 bits per heavy atom. The molecule has 4 nitrogen and oxygen atoms in total. The lowest BCUT2D eigenvalue weighted by atomic mass is 10.1. The Morgan fingerprint density at radius 2 is 1.60 bits per heavy atom. The van der Waals surface area contributed by atoms with Gasteiger partial charge in [-0.1, -0.05) is 42.5 Å². The predicted molar refractivity (Wildman–Crippen MR) is 87.7 cm³/mol. The molecule has 0 bridgehead atoms. The van der Waals surface area contributed by atoms with Gasteiger partial charge in [-0.25, -0.2) is 0 Å². The van der Waals surface area contributed by atoms with Crippen LogP contribution in [-0.2, 0) is 17.5 Å². The van der Waals surface area contributed by atoms with E-state index in [-0.39, 0.29) is 6.54 Å². The lowest BCUT2D eigenvalue weighted by Gasteiger charge is -2.07. The normalized spacial score (nSPS) is 11.3. The SMILES string of the molecule is O=C(Cn1ccc(C(F)(F)F)n1)Nc1ccc(-c2ccccc2)cc1. The highest BCUT2D eigenvalue weighted by atomic mass is 19.4. The molecule has 0 unspecified atom stereocenters. The van der Waals surface area contributed by atoms with Crippen molar-refractivity contribution in [2.75, 3.05) is 5.32 Å². The van der Waals surface area contributed by atoms with Crippen molar-refractivity contribution in [3.63, 3.8) is 0 Å². The largest absolute Gasteiger partial charge is 0.435 e. The molecule has 3 aromatic rings. The van der Waals surface area contributed by atoms with Crippen molar-refractivity contribution in [2.45, 2.75) is 12.7 Å². The standard InChI is InChI=1S/C18H14F3N3O/c19-18(20,21)16-10-11-24(23-16)12-17(25)22-15-8-6-14(7-9-15)13-4-2-1-3-5-13/h1-11H,12H2,(H,22,25). The molecule has 0 spiro atoms. The number of carbonyl (C=O) groups excluding carboxylic acids is 1. The van der Waals surface area contributed by atoms with Crippen molar-refractivity contribution < 1.29 is 18.0 Å². The van der Waals surface area contributed by atoms with Gasteiger partial charge < -0.3 is 5.32 Å². The zero-order valence-corrected chi connectivity index (χ0v) is 13.0. The molecule has 0 aliphatic carbocycles. The topological polar surface area (TPSA) is 46.9 Å². The molecule has 128 valence electrons. The molecule has 0 fully saturated rings. The molecule has 0 aliphatic rings. The maximum atomic E-state index is 12.5. The first-order chi connectivity index (χ1) is 11.9. The van der Waals surface area contributed by atoms with Gasteiger partial charge in [0.2, 0.25) is 5.91 Å². The molecule has 1 aromatic heterocycles. The summed E-state index contributed by atoms with van der Waals surface area (Å²) in [5, 5.41) is 5.98. The maximum absolute atomic E-state index is 12.5. The van der Waals surface area contributed by atoms with Crippen molar-refractivity contribution in [2.24, 2.45) is 0 Å². The summed E-state index contributed by atoms with van der Waals surface area (Å²) in [6.45, 7) is -0.295. The number of aromatic nitrogens is 2. The first-order valence-electron chi connectivity index (χ1n) is 7.48. The van der Waals surface area contributed by atoms with Crippen molar-refractivity contribution in [3.8, 4) is 11.1 Å². The number of rotatable bonds is 4. The number of benzene rings is 2. The fourth-order valence-corrected chi connectivity index (χ4v) is 2.33. The summed E-state index contributed by atoms with van der Waals surface area (Å²) in [5.41, 5.74) is 1.59. The average Bonchev–Trinajstić information content (AvgIpc) is 3.05. The van der Waals surface area contributed by atoms with Crippen molar-refractivity contribution in [1.82, 2.24) is 9.78 Å². The molecule has 0 saturated carbocycles. The minimum atomic E-state index is -4.52. The van der Waals surface area contributed by atoms with E-state index in [0.717, 1.165) is 28.1 Å². The minimum absolute atomic E-state index is 0.295. The van der Waals surface area contributed by atoms with Gasteiger partial charge in [-0.2, -0.15) is 18.3 Å². The fraction of sp³-hybridized carbons (Fsp3) is 0.111. The van der Waals surface area contributed by atoms with Crippen molar-refractivity contribution >= 4 is 11.6 Å². The summed E-state index contributed by atoms with van der Waals surface area (Å²) in [7, 11) is 0. The number of anilines is 1. The quantitative estimate of drug-likeness (QED) is 0.770. The van der Waals surface area contributed by atoms with Crippen LogP contribution in [0.5, 0.6) is 0 Å². The highest BCUT2D eigenvalue weighted by molar-refractivity contribution is 5.90. The zero-order valence-electron chi connectivity index (χ0n) is 13.0. The Kier molecular flexibility index (Phi) is 4.56. The second-order valence-corrected chi connectivity index (χ2v) is 5.39. The Labute approximate surface area is 141 Å². The lowest BCUT2D eigenvalue weighted by molar-refractivity contribution is -0.141. The lowest BCUT2D eigenvalue weighted by Crippen LogP contribution is -2.19. The Balaban J connectivity index is 1.62. The molecular formula is C18H14F3N3O. The van der Waals surface area contributed by atoms with E-state index in [2.05, 4.69) is 10.4 Å². The smallest absolute Gasteiger partial charge is 0.324 e.